The molecule has 0 saturated heterocycles. The van der Waals surface area contributed by atoms with Gasteiger partial charge in [-0.05, 0) is 30.7 Å². The maximum absolute atomic E-state index is 13.5. The lowest BCUT2D eigenvalue weighted by Gasteiger charge is -2.15. The zero-order valence-corrected chi connectivity index (χ0v) is 12.3. The molecule has 0 heterocycles. The van der Waals surface area contributed by atoms with Gasteiger partial charge in [0.2, 0.25) is 0 Å². The van der Waals surface area contributed by atoms with Crippen molar-refractivity contribution in [2.24, 2.45) is 0 Å². The molecule has 1 N–H and O–H groups in total. The number of nitrogens with one attached hydrogen (secondary N) is 1. The number of hydrogen-bond donors (Lipinski definition) is 1. The monoisotopic (exact) mass is 343 g/mol. The Morgan fingerprint density at radius 3 is 2.45 bits per heavy atom. The van der Waals surface area contributed by atoms with Gasteiger partial charge in [-0.2, -0.15) is 0 Å². The lowest BCUT2D eigenvalue weighted by molar-refractivity contribution is 0.482. The molecule has 1 nitrogen and oxygen atoms in total. The van der Waals surface area contributed by atoms with E-state index in [-0.39, 0.29) is 18.2 Å². The molecule has 0 fully saturated rings. The maximum atomic E-state index is 13.5. The summed E-state index contributed by atoms with van der Waals surface area (Å²) in [7, 11) is 0. The van der Waals surface area contributed by atoms with Crippen molar-refractivity contribution in [2.45, 2.75) is 19.5 Å². The number of halogens is 4. The van der Waals surface area contributed by atoms with Crippen LogP contribution in [0.2, 0.25) is 0 Å². The Hall–Kier alpha value is -1.33. The van der Waals surface area contributed by atoms with Crippen molar-refractivity contribution in [1.82, 2.24) is 5.32 Å². The molecule has 0 spiro atoms. The van der Waals surface area contributed by atoms with Gasteiger partial charge in [0.25, 0.3) is 0 Å². The second-order valence-electron chi connectivity index (χ2n) is 4.52. The summed E-state index contributed by atoms with van der Waals surface area (Å²) < 4.78 is 40.4. The predicted molar refractivity (Wildman–Crippen MR) is 75.7 cm³/mol. The van der Waals surface area contributed by atoms with E-state index in [1.54, 1.807) is 0 Å². The smallest absolute Gasteiger partial charge is 0.161 e. The molecule has 0 aliphatic heterocycles. The highest BCUT2D eigenvalue weighted by molar-refractivity contribution is 9.10. The molecule has 2 rings (SSSR count). The second kappa shape index (κ2) is 6.41. The summed E-state index contributed by atoms with van der Waals surface area (Å²) >= 11 is 3.38. The summed E-state index contributed by atoms with van der Waals surface area (Å²) in [4.78, 5) is 0. The van der Waals surface area contributed by atoms with E-state index < -0.39 is 17.5 Å². The van der Waals surface area contributed by atoms with E-state index in [9.17, 15) is 13.2 Å². The van der Waals surface area contributed by atoms with Crippen LogP contribution in [0.1, 0.15) is 24.1 Å². The van der Waals surface area contributed by atoms with Crippen LogP contribution in [0, 0.1) is 17.5 Å². The minimum absolute atomic E-state index is 0.0417. The first-order chi connectivity index (χ1) is 9.47. The second-order valence-corrected chi connectivity index (χ2v) is 5.43. The molecule has 1 atom stereocenters. The van der Waals surface area contributed by atoms with Crippen molar-refractivity contribution in [3.05, 3.63) is 69.4 Å². The van der Waals surface area contributed by atoms with Crippen LogP contribution in [0.15, 0.2) is 40.9 Å². The highest BCUT2D eigenvalue weighted by atomic mass is 79.9. The third-order valence-electron chi connectivity index (χ3n) is 3.04. The average molecular weight is 344 g/mol. The fourth-order valence-electron chi connectivity index (χ4n) is 1.86. The van der Waals surface area contributed by atoms with Gasteiger partial charge in [-0.3, -0.25) is 0 Å². The first-order valence-electron chi connectivity index (χ1n) is 6.09. The minimum atomic E-state index is -1.17. The molecule has 106 valence electrons. The molecule has 2 aromatic rings. The van der Waals surface area contributed by atoms with Crippen LogP contribution in [0.3, 0.4) is 0 Å². The number of benzene rings is 2. The highest BCUT2D eigenvalue weighted by Crippen LogP contribution is 2.19. The highest BCUT2D eigenvalue weighted by Gasteiger charge is 2.11. The normalized spacial score (nSPS) is 12.4. The molecule has 2 aromatic carbocycles. The fraction of sp³-hybridized carbons (Fsp3) is 0.200. The summed E-state index contributed by atoms with van der Waals surface area (Å²) in [6.45, 7) is 2.04. The molecule has 0 bridgehead atoms. The van der Waals surface area contributed by atoms with E-state index in [1.165, 1.54) is 0 Å². The van der Waals surface area contributed by atoms with Crippen LogP contribution in [-0.2, 0) is 6.54 Å². The van der Waals surface area contributed by atoms with Crippen LogP contribution in [0.5, 0.6) is 0 Å². The maximum Gasteiger partial charge on any atom is 0.161 e. The largest absolute Gasteiger partial charge is 0.306 e. The Kier molecular flexibility index (Phi) is 4.83. The van der Waals surface area contributed by atoms with Gasteiger partial charge in [0.15, 0.2) is 11.6 Å². The van der Waals surface area contributed by atoms with Crippen LogP contribution >= 0.6 is 15.9 Å². The van der Waals surface area contributed by atoms with Gasteiger partial charge < -0.3 is 5.32 Å². The lowest BCUT2D eigenvalue weighted by atomic mass is 10.1. The topological polar surface area (TPSA) is 12.0 Å². The van der Waals surface area contributed by atoms with Crippen molar-refractivity contribution in [3.63, 3.8) is 0 Å². The summed E-state index contributed by atoms with van der Waals surface area (Å²) in [6, 6.07) is 9.09. The van der Waals surface area contributed by atoms with Gasteiger partial charge in [-0.1, -0.05) is 28.1 Å². The van der Waals surface area contributed by atoms with Gasteiger partial charge in [-0.15, -0.1) is 0 Å². The molecule has 0 amide bonds. The van der Waals surface area contributed by atoms with Gasteiger partial charge in [0.1, 0.15) is 5.82 Å². The summed E-state index contributed by atoms with van der Waals surface area (Å²) in [6.07, 6.45) is 0. The third kappa shape index (κ3) is 3.61. The Bertz CT molecular complexity index is 616. The Labute approximate surface area is 123 Å². The summed E-state index contributed by atoms with van der Waals surface area (Å²) in [5.41, 5.74) is 1.12. The Morgan fingerprint density at radius 1 is 1.05 bits per heavy atom. The molecule has 5 heteroatoms. The Morgan fingerprint density at radius 2 is 1.75 bits per heavy atom. The first kappa shape index (κ1) is 15.1. The lowest BCUT2D eigenvalue weighted by Crippen LogP contribution is -2.19. The van der Waals surface area contributed by atoms with Crippen molar-refractivity contribution in [2.75, 3.05) is 0 Å². The third-order valence-corrected chi connectivity index (χ3v) is 3.53. The van der Waals surface area contributed by atoms with Crippen molar-refractivity contribution in [1.29, 1.82) is 0 Å². The average Bonchev–Trinajstić information content (AvgIpc) is 2.41. The Balaban J connectivity index is 2.07. The van der Waals surface area contributed by atoms with Gasteiger partial charge >= 0.3 is 0 Å². The summed E-state index contributed by atoms with van der Waals surface area (Å²) in [5, 5.41) is 3.08. The summed E-state index contributed by atoms with van der Waals surface area (Å²) in [5.74, 6) is -2.97. The van der Waals surface area contributed by atoms with Gasteiger partial charge in [0, 0.05) is 28.7 Å². The molecule has 0 aromatic heterocycles. The minimum Gasteiger partial charge on any atom is -0.306 e. The van der Waals surface area contributed by atoms with E-state index in [4.69, 9.17) is 0 Å². The van der Waals surface area contributed by atoms with E-state index in [2.05, 4.69) is 21.2 Å². The predicted octanol–water partition coefficient (Wildman–Crippen LogP) is 4.72. The molecule has 0 aliphatic rings. The zero-order valence-electron chi connectivity index (χ0n) is 10.8. The van der Waals surface area contributed by atoms with E-state index in [0.717, 1.165) is 16.1 Å². The fourth-order valence-corrected chi connectivity index (χ4v) is 2.27. The zero-order chi connectivity index (χ0) is 14.7. The number of hydrogen-bond acceptors (Lipinski definition) is 1. The molecule has 0 aliphatic carbocycles. The molecule has 0 saturated carbocycles. The van der Waals surface area contributed by atoms with E-state index >= 15 is 0 Å². The molecular weight excluding hydrogens is 331 g/mol. The first-order valence-corrected chi connectivity index (χ1v) is 6.89. The van der Waals surface area contributed by atoms with Gasteiger partial charge in [0.05, 0.1) is 0 Å². The molecule has 20 heavy (non-hydrogen) atoms. The number of rotatable bonds is 4. The van der Waals surface area contributed by atoms with Crippen molar-refractivity contribution >= 4 is 15.9 Å². The van der Waals surface area contributed by atoms with Crippen LogP contribution < -0.4 is 5.32 Å². The molecule has 0 radical (unpaired) electrons. The van der Waals surface area contributed by atoms with Gasteiger partial charge in [-0.25, -0.2) is 13.2 Å². The van der Waals surface area contributed by atoms with Crippen LogP contribution in [-0.4, -0.2) is 0 Å². The van der Waals surface area contributed by atoms with E-state index in [1.807, 2.05) is 31.2 Å². The standard InChI is InChI=1S/C15H13BrF3N/c1-9(10-3-2-4-12(16)5-10)20-8-11-6-14(18)15(19)7-13(11)17/h2-7,9,20H,8H2,1H3/t9-/m1/s1. The van der Waals surface area contributed by atoms with Crippen molar-refractivity contribution in [3.8, 4) is 0 Å². The molecular formula is C15H13BrF3N. The van der Waals surface area contributed by atoms with Crippen LogP contribution in [0.25, 0.3) is 0 Å². The quantitative estimate of drug-likeness (QED) is 0.792. The molecule has 0 unspecified atom stereocenters. The van der Waals surface area contributed by atoms with E-state index in [0.29, 0.717) is 6.07 Å². The SMILES string of the molecule is C[C@@H](NCc1cc(F)c(F)cc1F)c1cccc(Br)c1. The van der Waals surface area contributed by atoms with Crippen molar-refractivity contribution < 1.29 is 13.2 Å². The van der Waals surface area contributed by atoms with Crippen LogP contribution in [0.4, 0.5) is 13.2 Å².